The SMILES string of the molecule is CCN(C(=O)c1cc(Cl)ccc1Br)C1CCC(N)CC1. The zero-order valence-corrected chi connectivity index (χ0v) is 14.0. The lowest BCUT2D eigenvalue weighted by molar-refractivity contribution is 0.0640. The number of nitrogens with zero attached hydrogens (tertiary/aromatic N) is 1. The van der Waals surface area contributed by atoms with E-state index in [2.05, 4.69) is 15.9 Å². The summed E-state index contributed by atoms with van der Waals surface area (Å²) < 4.78 is 0.790. The molecule has 2 N–H and O–H groups in total. The molecule has 0 spiro atoms. The molecule has 0 saturated heterocycles. The molecule has 1 amide bonds. The number of hydrogen-bond donors (Lipinski definition) is 1. The standard InChI is InChI=1S/C15H20BrClN2O/c1-2-19(12-6-4-11(18)5-7-12)15(20)13-9-10(17)3-8-14(13)16/h3,8-9,11-12H,2,4-7,18H2,1H3. The molecule has 0 radical (unpaired) electrons. The third kappa shape index (κ3) is 3.54. The first-order chi connectivity index (χ1) is 9.52. The van der Waals surface area contributed by atoms with Gasteiger partial charge < -0.3 is 10.6 Å². The van der Waals surface area contributed by atoms with Crippen molar-refractivity contribution in [3.8, 4) is 0 Å². The van der Waals surface area contributed by atoms with Crippen molar-refractivity contribution in [1.29, 1.82) is 0 Å². The molecule has 2 rings (SSSR count). The summed E-state index contributed by atoms with van der Waals surface area (Å²) in [6.07, 6.45) is 3.95. The molecule has 20 heavy (non-hydrogen) atoms. The smallest absolute Gasteiger partial charge is 0.255 e. The van der Waals surface area contributed by atoms with Gasteiger partial charge in [-0.3, -0.25) is 4.79 Å². The number of rotatable bonds is 3. The first kappa shape index (κ1) is 15.8. The van der Waals surface area contributed by atoms with Gasteiger partial charge in [-0.2, -0.15) is 0 Å². The van der Waals surface area contributed by atoms with E-state index in [-0.39, 0.29) is 18.0 Å². The maximum atomic E-state index is 12.7. The number of halogens is 2. The van der Waals surface area contributed by atoms with Crippen LogP contribution in [0.15, 0.2) is 22.7 Å². The topological polar surface area (TPSA) is 46.3 Å². The Hall–Kier alpha value is -0.580. The van der Waals surface area contributed by atoms with E-state index in [1.807, 2.05) is 17.9 Å². The lowest BCUT2D eigenvalue weighted by atomic mass is 9.90. The molecule has 110 valence electrons. The maximum absolute atomic E-state index is 12.7. The molecule has 1 saturated carbocycles. The van der Waals surface area contributed by atoms with Crippen molar-refractivity contribution < 1.29 is 4.79 Å². The number of carbonyl (C=O) groups is 1. The second-order valence-electron chi connectivity index (χ2n) is 5.28. The van der Waals surface area contributed by atoms with Gasteiger partial charge in [-0.05, 0) is 66.7 Å². The molecule has 0 aliphatic heterocycles. The molecule has 0 bridgehead atoms. The van der Waals surface area contributed by atoms with Gasteiger partial charge >= 0.3 is 0 Å². The average Bonchev–Trinajstić information content (AvgIpc) is 2.44. The van der Waals surface area contributed by atoms with Crippen molar-refractivity contribution in [3.05, 3.63) is 33.3 Å². The number of carbonyl (C=O) groups excluding carboxylic acids is 1. The van der Waals surface area contributed by atoms with Crippen LogP contribution in [0.4, 0.5) is 0 Å². The van der Waals surface area contributed by atoms with E-state index in [1.54, 1.807) is 12.1 Å². The Kier molecular flexibility index (Phi) is 5.47. The van der Waals surface area contributed by atoms with Crippen LogP contribution in [0.2, 0.25) is 5.02 Å². The van der Waals surface area contributed by atoms with Crippen molar-refractivity contribution in [1.82, 2.24) is 4.90 Å². The van der Waals surface area contributed by atoms with E-state index < -0.39 is 0 Å². The molecule has 1 aromatic carbocycles. The van der Waals surface area contributed by atoms with Crippen LogP contribution in [-0.4, -0.2) is 29.4 Å². The third-order valence-electron chi connectivity index (χ3n) is 3.94. The van der Waals surface area contributed by atoms with Crippen molar-refractivity contribution in [2.45, 2.75) is 44.7 Å². The lowest BCUT2D eigenvalue weighted by Gasteiger charge is -2.35. The molecule has 0 unspecified atom stereocenters. The second kappa shape index (κ2) is 6.92. The molecule has 1 aromatic rings. The minimum absolute atomic E-state index is 0.0438. The fourth-order valence-electron chi connectivity index (χ4n) is 2.80. The van der Waals surface area contributed by atoms with E-state index in [9.17, 15) is 4.79 Å². The Bertz CT molecular complexity index is 487. The summed E-state index contributed by atoms with van der Waals surface area (Å²) >= 11 is 9.44. The molecular formula is C15H20BrClN2O. The highest BCUT2D eigenvalue weighted by Gasteiger charge is 2.28. The second-order valence-corrected chi connectivity index (χ2v) is 6.57. The summed E-state index contributed by atoms with van der Waals surface area (Å²) in [5, 5.41) is 0.582. The monoisotopic (exact) mass is 358 g/mol. The highest BCUT2D eigenvalue weighted by Crippen LogP contribution is 2.27. The van der Waals surface area contributed by atoms with Crippen LogP contribution >= 0.6 is 27.5 Å². The van der Waals surface area contributed by atoms with Gasteiger partial charge in [0.25, 0.3) is 5.91 Å². The highest BCUT2D eigenvalue weighted by atomic mass is 79.9. The van der Waals surface area contributed by atoms with Gasteiger partial charge in [0.1, 0.15) is 0 Å². The van der Waals surface area contributed by atoms with Crippen molar-refractivity contribution in [3.63, 3.8) is 0 Å². The average molecular weight is 360 g/mol. The predicted octanol–water partition coefficient (Wildman–Crippen LogP) is 3.83. The van der Waals surface area contributed by atoms with Gasteiger partial charge in [-0.25, -0.2) is 0 Å². The Balaban J connectivity index is 2.18. The summed E-state index contributed by atoms with van der Waals surface area (Å²) in [6.45, 7) is 2.72. The molecule has 1 fully saturated rings. The van der Waals surface area contributed by atoms with Crippen LogP contribution in [0.25, 0.3) is 0 Å². The third-order valence-corrected chi connectivity index (χ3v) is 4.87. The quantitative estimate of drug-likeness (QED) is 0.891. The van der Waals surface area contributed by atoms with E-state index in [0.29, 0.717) is 17.1 Å². The van der Waals surface area contributed by atoms with Crippen LogP contribution in [0.3, 0.4) is 0 Å². The largest absolute Gasteiger partial charge is 0.336 e. The summed E-state index contributed by atoms with van der Waals surface area (Å²) in [5.41, 5.74) is 6.57. The van der Waals surface area contributed by atoms with Gasteiger partial charge in [-0.15, -0.1) is 0 Å². The molecule has 1 aliphatic rings. The Labute approximate surface area is 133 Å². The van der Waals surface area contributed by atoms with Gasteiger partial charge in [-0.1, -0.05) is 11.6 Å². The van der Waals surface area contributed by atoms with E-state index in [1.165, 1.54) is 0 Å². The first-order valence-electron chi connectivity index (χ1n) is 7.04. The van der Waals surface area contributed by atoms with Gasteiger partial charge in [0.05, 0.1) is 5.56 Å². The van der Waals surface area contributed by atoms with Crippen LogP contribution in [0.1, 0.15) is 43.0 Å². The van der Waals surface area contributed by atoms with E-state index >= 15 is 0 Å². The Morgan fingerprint density at radius 3 is 2.65 bits per heavy atom. The number of benzene rings is 1. The Morgan fingerprint density at radius 2 is 2.05 bits per heavy atom. The van der Waals surface area contributed by atoms with Gasteiger partial charge in [0.15, 0.2) is 0 Å². The van der Waals surface area contributed by atoms with Crippen LogP contribution < -0.4 is 5.73 Å². The van der Waals surface area contributed by atoms with Crippen molar-refractivity contribution >= 4 is 33.4 Å². The number of nitrogens with two attached hydrogens (primary N) is 1. The molecule has 3 nitrogen and oxygen atoms in total. The van der Waals surface area contributed by atoms with E-state index in [4.69, 9.17) is 17.3 Å². The van der Waals surface area contributed by atoms with Gasteiger partial charge in [0.2, 0.25) is 0 Å². The highest BCUT2D eigenvalue weighted by molar-refractivity contribution is 9.10. The summed E-state index contributed by atoms with van der Waals surface area (Å²) in [4.78, 5) is 14.7. The maximum Gasteiger partial charge on any atom is 0.255 e. The lowest BCUT2D eigenvalue weighted by Crippen LogP contribution is -2.44. The summed E-state index contributed by atoms with van der Waals surface area (Å²) in [6, 6.07) is 5.90. The molecule has 1 aliphatic carbocycles. The van der Waals surface area contributed by atoms with Crippen LogP contribution in [0, 0.1) is 0 Å². The Morgan fingerprint density at radius 1 is 1.40 bits per heavy atom. The predicted molar refractivity (Wildman–Crippen MR) is 86.1 cm³/mol. The molecule has 5 heteroatoms. The van der Waals surface area contributed by atoms with Crippen molar-refractivity contribution in [2.24, 2.45) is 5.73 Å². The summed E-state index contributed by atoms with van der Waals surface area (Å²) in [7, 11) is 0. The number of amides is 1. The minimum Gasteiger partial charge on any atom is -0.336 e. The molecule has 0 aromatic heterocycles. The van der Waals surface area contributed by atoms with Crippen LogP contribution in [0.5, 0.6) is 0 Å². The molecule has 0 heterocycles. The van der Waals surface area contributed by atoms with Crippen molar-refractivity contribution in [2.75, 3.05) is 6.54 Å². The zero-order valence-electron chi connectivity index (χ0n) is 11.6. The summed E-state index contributed by atoms with van der Waals surface area (Å²) in [5.74, 6) is 0.0438. The normalized spacial score (nSPS) is 22.6. The van der Waals surface area contributed by atoms with E-state index in [0.717, 1.165) is 30.2 Å². The fraction of sp³-hybridized carbons (Fsp3) is 0.533. The fourth-order valence-corrected chi connectivity index (χ4v) is 3.39. The molecular weight excluding hydrogens is 340 g/mol. The first-order valence-corrected chi connectivity index (χ1v) is 8.21. The zero-order chi connectivity index (χ0) is 14.7. The minimum atomic E-state index is 0.0438. The van der Waals surface area contributed by atoms with Crippen LogP contribution in [-0.2, 0) is 0 Å². The number of hydrogen-bond acceptors (Lipinski definition) is 2. The molecule has 0 atom stereocenters. The van der Waals surface area contributed by atoms with Gasteiger partial charge in [0, 0.05) is 28.1 Å².